The summed E-state index contributed by atoms with van der Waals surface area (Å²) in [4.78, 5) is 9.01. The molecule has 4 aromatic heterocycles. The third-order valence-electron chi connectivity index (χ3n) is 4.25. The van der Waals surface area contributed by atoms with Gasteiger partial charge in [0, 0.05) is 42.8 Å². The third-order valence-corrected chi connectivity index (χ3v) is 4.95. The Morgan fingerprint density at radius 1 is 1.04 bits per heavy atom. The minimum absolute atomic E-state index is 0.691. The predicted molar refractivity (Wildman–Crippen MR) is 106 cm³/mol. The molecular weight excluding hydrogens is 358 g/mol. The second-order valence-electron chi connectivity index (χ2n) is 6.08. The van der Waals surface area contributed by atoms with Crippen LogP contribution in [0.2, 0.25) is 0 Å². The van der Waals surface area contributed by atoms with Crippen LogP contribution in [-0.2, 0) is 7.05 Å². The summed E-state index contributed by atoms with van der Waals surface area (Å²) in [5.74, 6) is 0.691. The first-order chi connectivity index (χ1) is 13.3. The van der Waals surface area contributed by atoms with Gasteiger partial charge in [0.15, 0.2) is 11.5 Å². The Hall–Kier alpha value is -3.52. The summed E-state index contributed by atoms with van der Waals surface area (Å²) in [6.45, 7) is 0. The van der Waals surface area contributed by atoms with E-state index in [4.69, 9.17) is 0 Å². The van der Waals surface area contributed by atoms with E-state index < -0.39 is 0 Å². The first kappa shape index (κ1) is 15.7. The number of nitrogens with zero attached hydrogens (tertiary/aromatic N) is 6. The molecule has 27 heavy (non-hydrogen) atoms. The van der Waals surface area contributed by atoms with Crippen LogP contribution >= 0.6 is 11.5 Å². The van der Waals surface area contributed by atoms with Crippen LogP contribution in [-0.4, -0.2) is 28.5 Å². The summed E-state index contributed by atoms with van der Waals surface area (Å²) < 4.78 is 8.31. The average Bonchev–Trinajstić information content (AvgIpc) is 3.42. The van der Waals surface area contributed by atoms with Crippen molar-refractivity contribution < 1.29 is 0 Å². The van der Waals surface area contributed by atoms with Crippen LogP contribution in [0.4, 0.5) is 10.8 Å². The summed E-state index contributed by atoms with van der Waals surface area (Å²) in [6.07, 6.45) is 9.29. The highest BCUT2D eigenvalue weighted by atomic mass is 32.1. The maximum atomic E-state index is 4.55. The fraction of sp³-hybridized carbons (Fsp3) is 0.0526. The van der Waals surface area contributed by atoms with Gasteiger partial charge in [0.05, 0.1) is 23.8 Å². The van der Waals surface area contributed by atoms with Gasteiger partial charge in [-0.25, -0.2) is 9.97 Å². The zero-order chi connectivity index (χ0) is 18.2. The van der Waals surface area contributed by atoms with Gasteiger partial charge in [-0.1, -0.05) is 30.3 Å². The van der Waals surface area contributed by atoms with E-state index in [1.54, 1.807) is 10.9 Å². The lowest BCUT2D eigenvalue weighted by Gasteiger charge is -2.04. The smallest absolute Gasteiger partial charge is 0.180 e. The van der Waals surface area contributed by atoms with E-state index in [1.807, 2.05) is 72.6 Å². The Bertz CT molecular complexity index is 1220. The summed E-state index contributed by atoms with van der Waals surface area (Å²) >= 11 is 1.40. The van der Waals surface area contributed by atoms with Gasteiger partial charge >= 0.3 is 0 Å². The second-order valence-corrected chi connectivity index (χ2v) is 6.89. The minimum atomic E-state index is 0.691. The molecule has 7 nitrogen and oxygen atoms in total. The molecule has 1 N–H and O–H groups in total. The summed E-state index contributed by atoms with van der Waals surface area (Å²) in [5.41, 5.74) is 4.76. The third kappa shape index (κ3) is 2.85. The monoisotopic (exact) mass is 373 g/mol. The lowest BCUT2D eigenvalue weighted by atomic mass is 10.2. The Morgan fingerprint density at radius 3 is 2.74 bits per heavy atom. The van der Waals surface area contributed by atoms with Gasteiger partial charge in [0.25, 0.3) is 0 Å². The fourth-order valence-electron chi connectivity index (χ4n) is 2.97. The van der Waals surface area contributed by atoms with Crippen LogP contribution in [0.25, 0.3) is 28.2 Å². The SMILES string of the molecule is Cn1cc(-c2cnc3c(Nc4cc(-c5ccccc5)ns4)nccn23)cn1. The minimum Gasteiger partial charge on any atom is -0.328 e. The van der Waals surface area contributed by atoms with Gasteiger partial charge in [-0.15, -0.1) is 0 Å². The topological polar surface area (TPSA) is 72.9 Å². The van der Waals surface area contributed by atoms with Crippen LogP contribution in [0.3, 0.4) is 0 Å². The quantitative estimate of drug-likeness (QED) is 0.515. The molecule has 132 valence electrons. The molecular formula is C19H15N7S. The molecule has 4 heterocycles. The molecule has 0 unspecified atom stereocenters. The first-order valence-electron chi connectivity index (χ1n) is 8.38. The van der Waals surface area contributed by atoms with Crippen molar-refractivity contribution in [3.05, 3.63) is 67.4 Å². The molecule has 0 fully saturated rings. The summed E-state index contributed by atoms with van der Waals surface area (Å²) in [7, 11) is 1.90. The standard InChI is InChI=1S/C19H15N7S/c1-25-12-14(10-22-25)16-11-21-19-18(20-7-8-26(16)19)23-17-9-15(24-27-17)13-5-3-2-4-6-13/h2-12H,1H3,(H,20,23). The van der Waals surface area contributed by atoms with Crippen LogP contribution < -0.4 is 5.32 Å². The molecule has 0 saturated carbocycles. The Balaban J connectivity index is 1.49. The number of fused-ring (bicyclic) bond motifs is 1. The molecule has 8 heteroatoms. The number of anilines is 2. The molecule has 0 spiro atoms. The highest BCUT2D eigenvalue weighted by Crippen LogP contribution is 2.29. The van der Waals surface area contributed by atoms with Crippen molar-refractivity contribution in [3.63, 3.8) is 0 Å². The number of aryl methyl sites for hydroxylation is 1. The predicted octanol–water partition coefficient (Wildman–Crippen LogP) is 4.00. The van der Waals surface area contributed by atoms with Crippen LogP contribution in [0.1, 0.15) is 0 Å². The van der Waals surface area contributed by atoms with E-state index in [9.17, 15) is 0 Å². The van der Waals surface area contributed by atoms with E-state index in [0.717, 1.165) is 33.2 Å². The van der Waals surface area contributed by atoms with Crippen molar-refractivity contribution >= 4 is 28.0 Å². The number of nitrogens with one attached hydrogen (secondary N) is 1. The zero-order valence-corrected chi connectivity index (χ0v) is 15.3. The maximum absolute atomic E-state index is 4.55. The summed E-state index contributed by atoms with van der Waals surface area (Å²) in [5, 5.41) is 8.50. The molecule has 0 aliphatic heterocycles. The lowest BCUT2D eigenvalue weighted by Crippen LogP contribution is -1.97. The largest absolute Gasteiger partial charge is 0.328 e. The molecule has 1 aromatic carbocycles. The average molecular weight is 373 g/mol. The van der Waals surface area contributed by atoms with Gasteiger partial charge in [0.2, 0.25) is 0 Å². The number of hydrogen-bond acceptors (Lipinski definition) is 6. The van der Waals surface area contributed by atoms with Gasteiger partial charge in [-0.05, 0) is 11.5 Å². The number of hydrogen-bond donors (Lipinski definition) is 1. The molecule has 0 aliphatic carbocycles. The zero-order valence-electron chi connectivity index (χ0n) is 14.4. The van der Waals surface area contributed by atoms with Crippen LogP contribution in [0.5, 0.6) is 0 Å². The van der Waals surface area contributed by atoms with Gasteiger partial charge in [-0.3, -0.25) is 9.08 Å². The van der Waals surface area contributed by atoms with Crippen molar-refractivity contribution in [1.82, 2.24) is 28.5 Å². The molecule has 0 bridgehead atoms. The number of rotatable bonds is 4. The van der Waals surface area contributed by atoms with Gasteiger partial charge in [-0.2, -0.15) is 9.47 Å². The van der Waals surface area contributed by atoms with Gasteiger partial charge in [0.1, 0.15) is 5.00 Å². The van der Waals surface area contributed by atoms with E-state index in [2.05, 4.69) is 24.8 Å². The van der Waals surface area contributed by atoms with Gasteiger partial charge < -0.3 is 5.32 Å². The van der Waals surface area contributed by atoms with E-state index >= 15 is 0 Å². The highest BCUT2D eigenvalue weighted by molar-refractivity contribution is 7.10. The summed E-state index contributed by atoms with van der Waals surface area (Å²) in [6, 6.07) is 12.1. The Labute approximate surface area is 159 Å². The van der Waals surface area contributed by atoms with Crippen molar-refractivity contribution in [2.75, 3.05) is 5.32 Å². The van der Waals surface area contributed by atoms with Crippen LogP contribution in [0.15, 0.2) is 67.4 Å². The molecule has 5 rings (SSSR count). The first-order valence-corrected chi connectivity index (χ1v) is 9.15. The normalized spacial score (nSPS) is 11.1. The van der Waals surface area contributed by atoms with Crippen molar-refractivity contribution in [3.8, 4) is 22.5 Å². The Kier molecular flexibility index (Phi) is 3.68. The van der Waals surface area contributed by atoms with E-state index in [0.29, 0.717) is 5.82 Å². The molecule has 0 amide bonds. The van der Waals surface area contributed by atoms with Crippen molar-refractivity contribution in [2.24, 2.45) is 7.05 Å². The maximum Gasteiger partial charge on any atom is 0.180 e. The molecule has 0 saturated heterocycles. The second kappa shape index (κ2) is 6.33. The number of aromatic nitrogens is 6. The number of imidazole rings is 1. The highest BCUT2D eigenvalue weighted by Gasteiger charge is 2.13. The lowest BCUT2D eigenvalue weighted by molar-refractivity contribution is 0.768. The molecule has 5 aromatic rings. The molecule has 0 radical (unpaired) electrons. The molecule has 0 atom stereocenters. The van der Waals surface area contributed by atoms with Crippen LogP contribution in [0, 0.1) is 0 Å². The molecule has 0 aliphatic rings. The fourth-order valence-corrected chi connectivity index (χ4v) is 3.63. The van der Waals surface area contributed by atoms with Crippen molar-refractivity contribution in [2.45, 2.75) is 0 Å². The van der Waals surface area contributed by atoms with E-state index in [1.165, 1.54) is 11.5 Å². The van der Waals surface area contributed by atoms with E-state index in [-0.39, 0.29) is 0 Å². The van der Waals surface area contributed by atoms with Crippen molar-refractivity contribution in [1.29, 1.82) is 0 Å². The number of benzene rings is 1. The Morgan fingerprint density at radius 2 is 1.93 bits per heavy atom.